The molecule has 0 aromatic heterocycles. The summed E-state index contributed by atoms with van der Waals surface area (Å²) in [7, 11) is -3.84. The van der Waals surface area contributed by atoms with Gasteiger partial charge in [-0.2, -0.15) is 0 Å². The van der Waals surface area contributed by atoms with Crippen molar-refractivity contribution < 1.29 is 13.2 Å². The molecule has 28 heavy (non-hydrogen) atoms. The average Bonchev–Trinajstić information content (AvgIpc) is 2.65. The molecule has 0 saturated heterocycles. The van der Waals surface area contributed by atoms with Crippen molar-refractivity contribution in [1.82, 2.24) is 0 Å². The Morgan fingerprint density at radius 3 is 1.93 bits per heavy atom. The maximum atomic E-state index is 12.8. The van der Waals surface area contributed by atoms with E-state index in [1.807, 2.05) is 12.1 Å². The number of sulfonamides is 1. The number of rotatable bonds is 5. The van der Waals surface area contributed by atoms with Crippen LogP contribution in [-0.4, -0.2) is 14.3 Å². The van der Waals surface area contributed by atoms with Crippen LogP contribution >= 0.6 is 31.9 Å². The standard InChI is InChI=1S/C20H16Br2N2O3S/c1-13-2-3-14(20(25)23-17-8-4-15(21)5-9-17)12-19(13)28(26,27)24-18-10-6-16(22)7-11-18/h2-12,24H,1H3,(H,23,25). The molecule has 2 N–H and O–H groups in total. The lowest BCUT2D eigenvalue weighted by atomic mass is 10.1. The van der Waals surface area contributed by atoms with Crippen LogP contribution in [0.1, 0.15) is 15.9 Å². The van der Waals surface area contributed by atoms with Crippen molar-refractivity contribution in [2.45, 2.75) is 11.8 Å². The van der Waals surface area contributed by atoms with Gasteiger partial charge < -0.3 is 5.32 Å². The van der Waals surface area contributed by atoms with E-state index in [0.29, 0.717) is 16.9 Å². The molecule has 1 amide bonds. The molecule has 0 spiro atoms. The molecule has 0 radical (unpaired) electrons. The Morgan fingerprint density at radius 2 is 1.36 bits per heavy atom. The first-order chi connectivity index (χ1) is 13.2. The van der Waals surface area contributed by atoms with Crippen molar-refractivity contribution in [2.24, 2.45) is 0 Å². The molecule has 0 fully saturated rings. The fourth-order valence-corrected chi connectivity index (χ4v) is 4.35. The third-order valence-electron chi connectivity index (χ3n) is 3.94. The van der Waals surface area contributed by atoms with Gasteiger partial charge in [-0.3, -0.25) is 9.52 Å². The number of halogens is 2. The molecule has 3 aromatic rings. The molecule has 0 bridgehead atoms. The number of carbonyl (C=O) groups excluding carboxylic acids is 1. The highest BCUT2D eigenvalue weighted by atomic mass is 79.9. The van der Waals surface area contributed by atoms with E-state index in [9.17, 15) is 13.2 Å². The second-order valence-corrected chi connectivity index (χ2v) is 9.54. The number of nitrogens with one attached hydrogen (secondary N) is 2. The quantitative estimate of drug-likeness (QED) is 0.458. The molecule has 3 rings (SSSR count). The Kier molecular flexibility index (Phi) is 6.22. The molecular formula is C20H16Br2N2O3S. The summed E-state index contributed by atoms with van der Waals surface area (Å²) in [6, 6.07) is 18.5. The van der Waals surface area contributed by atoms with Gasteiger partial charge in [0.05, 0.1) is 4.90 Å². The smallest absolute Gasteiger partial charge is 0.262 e. The van der Waals surface area contributed by atoms with Crippen LogP contribution in [0.25, 0.3) is 0 Å². The summed E-state index contributed by atoms with van der Waals surface area (Å²) < 4.78 is 29.9. The normalized spacial score (nSPS) is 11.1. The zero-order valence-corrected chi connectivity index (χ0v) is 18.7. The number of anilines is 2. The maximum absolute atomic E-state index is 12.8. The monoisotopic (exact) mass is 522 g/mol. The molecule has 0 heterocycles. The number of benzene rings is 3. The van der Waals surface area contributed by atoms with Crippen LogP contribution < -0.4 is 10.0 Å². The topological polar surface area (TPSA) is 75.3 Å². The van der Waals surface area contributed by atoms with Crippen molar-refractivity contribution in [3.8, 4) is 0 Å². The molecule has 0 aliphatic carbocycles. The van der Waals surface area contributed by atoms with Crippen molar-refractivity contribution in [2.75, 3.05) is 10.0 Å². The third kappa shape index (κ3) is 5.01. The van der Waals surface area contributed by atoms with Gasteiger partial charge in [0.1, 0.15) is 0 Å². The van der Waals surface area contributed by atoms with E-state index in [2.05, 4.69) is 41.9 Å². The fourth-order valence-electron chi connectivity index (χ4n) is 2.50. The van der Waals surface area contributed by atoms with Gasteiger partial charge in [-0.05, 0) is 73.2 Å². The number of aryl methyl sites for hydroxylation is 1. The largest absolute Gasteiger partial charge is 0.322 e. The van der Waals surface area contributed by atoms with Gasteiger partial charge in [-0.25, -0.2) is 8.42 Å². The van der Waals surface area contributed by atoms with Crippen molar-refractivity contribution >= 4 is 59.2 Å². The summed E-state index contributed by atoms with van der Waals surface area (Å²) in [4.78, 5) is 12.6. The first kappa shape index (κ1) is 20.6. The molecule has 0 saturated carbocycles. The zero-order chi connectivity index (χ0) is 20.3. The maximum Gasteiger partial charge on any atom is 0.262 e. The molecule has 0 aliphatic heterocycles. The molecule has 0 aliphatic rings. The van der Waals surface area contributed by atoms with Crippen LogP contribution in [0.5, 0.6) is 0 Å². The molecule has 144 valence electrons. The Labute approximate surface area is 180 Å². The van der Waals surface area contributed by atoms with Crippen LogP contribution in [0.4, 0.5) is 11.4 Å². The summed E-state index contributed by atoms with van der Waals surface area (Å²) >= 11 is 6.65. The second kappa shape index (κ2) is 8.46. The van der Waals surface area contributed by atoms with Crippen LogP contribution in [0, 0.1) is 6.92 Å². The first-order valence-corrected chi connectivity index (χ1v) is 11.3. The molecular weight excluding hydrogens is 508 g/mol. The molecule has 5 nitrogen and oxygen atoms in total. The van der Waals surface area contributed by atoms with Gasteiger partial charge in [0.25, 0.3) is 15.9 Å². The molecule has 0 unspecified atom stereocenters. The van der Waals surface area contributed by atoms with Crippen molar-refractivity contribution in [3.05, 3.63) is 86.8 Å². The highest BCUT2D eigenvalue weighted by Crippen LogP contribution is 2.23. The fraction of sp³-hybridized carbons (Fsp3) is 0.0500. The molecule has 8 heteroatoms. The van der Waals surface area contributed by atoms with E-state index in [1.165, 1.54) is 6.07 Å². The van der Waals surface area contributed by atoms with Gasteiger partial charge in [0.15, 0.2) is 0 Å². The Hall–Kier alpha value is -2.16. The minimum absolute atomic E-state index is 0.0545. The van der Waals surface area contributed by atoms with E-state index >= 15 is 0 Å². The predicted octanol–water partition coefficient (Wildman–Crippen LogP) is 5.57. The number of hydrogen-bond acceptors (Lipinski definition) is 3. The van der Waals surface area contributed by atoms with Gasteiger partial charge >= 0.3 is 0 Å². The number of carbonyl (C=O) groups is 1. The second-order valence-electron chi connectivity index (χ2n) is 6.05. The first-order valence-electron chi connectivity index (χ1n) is 8.20. The Bertz CT molecular complexity index is 1110. The Balaban J connectivity index is 1.86. The molecule has 3 aromatic carbocycles. The van der Waals surface area contributed by atoms with E-state index in [1.54, 1.807) is 55.5 Å². The Morgan fingerprint density at radius 1 is 0.821 bits per heavy atom. The van der Waals surface area contributed by atoms with Gasteiger partial charge in [-0.1, -0.05) is 37.9 Å². The lowest BCUT2D eigenvalue weighted by molar-refractivity contribution is 0.102. The predicted molar refractivity (Wildman–Crippen MR) is 118 cm³/mol. The van der Waals surface area contributed by atoms with E-state index in [4.69, 9.17) is 0 Å². The number of amides is 1. The van der Waals surface area contributed by atoms with Crippen molar-refractivity contribution in [3.63, 3.8) is 0 Å². The lowest BCUT2D eigenvalue weighted by Crippen LogP contribution is -2.17. The minimum Gasteiger partial charge on any atom is -0.322 e. The van der Waals surface area contributed by atoms with Gasteiger partial charge in [0, 0.05) is 25.9 Å². The number of hydrogen-bond donors (Lipinski definition) is 2. The lowest BCUT2D eigenvalue weighted by Gasteiger charge is -2.12. The highest BCUT2D eigenvalue weighted by molar-refractivity contribution is 9.10. The van der Waals surface area contributed by atoms with Crippen LogP contribution in [0.3, 0.4) is 0 Å². The van der Waals surface area contributed by atoms with Crippen LogP contribution in [-0.2, 0) is 10.0 Å². The van der Waals surface area contributed by atoms with Gasteiger partial charge in [-0.15, -0.1) is 0 Å². The van der Waals surface area contributed by atoms with Crippen LogP contribution in [0.15, 0.2) is 80.6 Å². The summed E-state index contributed by atoms with van der Waals surface area (Å²) in [5.41, 5.74) is 1.85. The molecule has 0 atom stereocenters. The van der Waals surface area contributed by atoms with Gasteiger partial charge in [0.2, 0.25) is 0 Å². The summed E-state index contributed by atoms with van der Waals surface area (Å²) in [5.74, 6) is -0.387. The minimum atomic E-state index is -3.84. The average molecular weight is 524 g/mol. The summed E-state index contributed by atoms with van der Waals surface area (Å²) in [5, 5.41) is 2.76. The SMILES string of the molecule is Cc1ccc(C(=O)Nc2ccc(Br)cc2)cc1S(=O)(=O)Nc1ccc(Br)cc1. The highest BCUT2D eigenvalue weighted by Gasteiger charge is 2.19. The third-order valence-corrected chi connectivity index (χ3v) is 6.52. The summed E-state index contributed by atoms with van der Waals surface area (Å²) in [6.45, 7) is 1.69. The van der Waals surface area contributed by atoms with Crippen LogP contribution in [0.2, 0.25) is 0 Å². The zero-order valence-electron chi connectivity index (χ0n) is 14.7. The summed E-state index contributed by atoms with van der Waals surface area (Å²) in [6.07, 6.45) is 0. The van der Waals surface area contributed by atoms with E-state index < -0.39 is 10.0 Å². The van der Waals surface area contributed by atoms with E-state index in [-0.39, 0.29) is 16.4 Å². The van der Waals surface area contributed by atoms with Crippen molar-refractivity contribution in [1.29, 1.82) is 0 Å². The van der Waals surface area contributed by atoms with E-state index in [0.717, 1.165) is 8.95 Å².